The second-order valence-corrected chi connectivity index (χ2v) is 3.60. The smallest absolute Gasteiger partial charge is 0.113 e. The van der Waals surface area contributed by atoms with Gasteiger partial charge in [-0.2, -0.15) is 0 Å². The zero-order chi connectivity index (χ0) is 9.97. The molecule has 1 aromatic heterocycles. The van der Waals surface area contributed by atoms with E-state index in [0.29, 0.717) is 5.92 Å². The molecule has 2 rings (SSSR count). The van der Waals surface area contributed by atoms with E-state index in [1.165, 1.54) is 11.1 Å². The Labute approximate surface area is 84.4 Å². The van der Waals surface area contributed by atoms with Crippen molar-refractivity contribution in [3.05, 3.63) is 59.5 Å². The quantitative estimate of drug-likeness (QED) is 0.696. The Morgan fingerprint density at radius 2 is 1.79 bits per heavy atom. The summed E-state index contributed by atoms with van der Waals surface area (Å²) < 4.78 is 5.48. The van der Waals surface area contributed by atoms with E-state index >= 15 is 0 Å². The average molecular weight is 186 g/mol. The van der Waals surface area contributed by atoms with Crippen LogP contribution in [0.3, 0.4) is 0 Å². The molecule has 0 aliphatic carbocycles. The number of benzene rings is 1. The zero-order valence-electron chi connectivity index (χ0n) is 8.53. The number of aryl methyl sites for hydroxylation is 1. The summed E-state index contributed by atoms with van der Waals surface area (Å²) in [6, 6.07) is 12.4. The highest BCUT2D eigenvalue weighted by atomic mass is 16.3. The molecule has 0 aliphatic heterocycles. The Bertz CT molecular complexity index is 400. The first-order chi connectivity index (χ1) is 6.79. The molecule has 1 heteroatoms. The summed E-state index contributed by atoms with van der Waals surface area (Å²) in [5.74, 6) is 1.41. The van der Waals surface area contributed by atoms with Gasteiger partial charge in [-0.15, -0.1) is 0 Å². The molecule has 1 aromatic carbocycles. The van der Waals surface area contributed by atoms with Crippen molar-refractivity contribution < 1.29 is 4.42 Å². The fraction of sp³-hybridized carbons (Fsp3) is 0.231. The molecule has 1 heterocycles. The molecule has 2 aromatic rings. The van der Waals surface area contributed by atoms with Crippen molar-refractivity contribution in [3.8, 4) is 0 Å². The summed E-state index contributed by atoms with van der Waals surface area (Å²) >= 11 is 0. The van der Waals surface area contributed by atoms with E-state index in [1.54, 1.807) is 6.26 Å². The Morgan fingerprint density at radius 3 is 2.36 bits per heavy atom. The van der Waals surface area contributed by atoms with Crippen molar-refractivity contribution in [1.82, 2.24) is 0 Å². The van der Waals surface area contributed by atoms with Crippen molar-refractivity contribution in [1.29, 1.82) is 0 Å². The first-order valence-electron chi connectivity index (χ1n) is 4.88. The van der Waals surface area contributed by atoms with Crippen molar-refractivity contribution in [2.45, 2.75) is 19.8 Å². The van der Waals surface area contributed by atoms with Crippen molar-refractivity contribution >= 4 is 0 Å². The molecule has 0 radical (unpaired) electrons. The van der Waals surface area contributed by atoms with Gasteiger partial charge in [0, 0.05) is 5.92 Å². The second-order valence-electron chi connectivity index (χ2n) is 3.60. The molecule has 0 N–H and O–H groups in total. The third kappa shape index (κ3) is 1.58. The molecule has 1 nitrogen and oxygen atoms in total. The highest BCUT2D eigenvalue weighted by Crippen LogP contribution is 2.26. The first-order valence-corrected chi connectivity index (χ1v) is 4.88. The molecule has 0 saturated heterocycles. The van der Waals surface area contributed by atoms with Crippen LogP contribution in [-0.4, -0.2) is 0 Å². The van der Waals surface area contributed by atoms with Crippen LogP contribution in [0.5, 0.6) is 0 Å². The minimum absolute atomic E-state index is 0.339. The Hall–Kier alpha value is -1.50. The Morgan fingerprint density at radius 1 is 1.07 bits per heavy atom. The van der Waals surface area contributed by atoms with Gasteiger partial charge in [0.15, 0.2) is 0 Å². The fourth-order valence-electron chi connectivity index (χ4n) is 1.72. The summed E-state index contributed by atoms with van der Waals surface area (Å²) in [4.78, 5) is 0. The number of hydrogen-bond donors (Lipinski definition) is 0. The van der Waals surface area contributed by atoms with E-state index in [4.69, 9.17) is 4.42 Å². The molecule has 0 spiro atoms. The van der Waals surface area contributed by atoms with Crippen LogP contribution in [0.2, 0.25) is 0 Å². The molecule has 0 fully saturated rings. The maximum absolute atomic E-state index is 5.48. The van der Waals surface area contributed by atoms with Gasteiger partial charge >= 0.3 is 0 Å². The van der Waals surface area contributed by atoms with Crippen LogP contribution >= 0.6 is 0 Å². The van der Waals surface area contributed by atoms with Gasteiger partial charge < -0.3 is 4.42 Å². The van der Waals surface area contributed by atoms with E-state index in [2.05, 4.69) is 38.1 Å². The van der Waals surface area contributed by atoms with Crippen LogP contribution in [0.1, 0.15) is 29.7 Å². The lowest BCUT2D eigenvalue weighted by Crippen LogP contribution is -1.95. The predicted octanol–water partition coefficient (Wildman–Crippen LogP) is 3.74. The minimum Gasteiger partial charge on any atom is -0.468 e. The van der Waals surface area contributed by atoms with Gasteiger partial charge in [-0.3, -0.25) is 0 Å². The lowest BCUT2D eigenvalue weighted by Gasteiger charge is -2.09. The lowest BCUT2D eigenvalue weighted by atomic mass is 9.97. The average Bonchev–Trinajstić information content (AvgIpc) is 2.65. The van der Waals surface area contributed by atoms with Crippen molar-refractivity contribution in [2.24, 2.45) is 0 Å². The molecule has 14 heavy (non-hydrogen) atoms. The van der Waals surface area contributed by atoms with Crippen LogP contribution in [0.4, 0.5) is 0 Å². The van der Waals surface area contributed by atoms with Gasteiger partial charge in [0.1, 0.15) is 5.76 Å². The maximum atomic E-state index is 5.48. The highest BCUT2D eigenvalue weighted by Gasteiger charge is 2.13. The number of hydrogen-bond acceptors (Lipinski definition) is 1. The molecular weight excluding hydrogens is 172 g/mol. The van der Waals surface area contributed by atoms with Crippen LogP contribution in [0.15, 0.2) is 47.1 Å². The zero-order valence-corrected chi connectivity index (χ0v) is 8.53. The fourth-order valence-corrected chi connectivity index (χ4v) is 1.72. The van der Waals surface area contributed by atoms with Crippen molar-refractivity contribution in [2.75, 3.05) is 0 Å². The van der Waals surface area contributed by atoms with Crippen molar-refractivity contribution in [3.63, 3.8) is 0 Å². The van der Waals surface area contributed by atoms with Gasteiger partial charge in [0.25, 0.3) is 0 Å². The minimum atomic E-state index is 0.339. The van der Waals surface area contributed by atoms with Crippen LogP contribution < -0.4 is 0 Å². The van der Waals surface area contributed by atoms with Gasteiger partial charge in [-0.1, -0.05) is 37.3 Å². The van der Waals surface area contributed by atoms with E-state index < -0.39 is 0 Å². The summed E-state index contributed by atoms with van der Waals surface area (Å²) in [5.41, 5.74) is 2.52. The standard InChI is InChI=1S/C13H14O/c1-10-8-9-14-13(10)11(2)12-6-4-3-5-7-12/h3-9,11H,1-2H3. The summed E-state index contributed by atoms with van der Waals surface area (Å²) in [5, 5.41) is 0. The molecule has 0 bridgehead atoms. The largest absolute Gasteiger partial charge is 0.468 e. The van der Waals surface area contributed by atoms with E-state index in [1.807, 2.05) is 12.1 Å². The summed E-state index contributed by atoms with van der Waals surface area (Å²) in [6.07, 6.45) is 1.75. The SMILES string of the molecule is Cc1ccoc1C(C)c1ccccc1. The van der Waals surface area contributed by atoms with Gasteiger partial charge in [-0.05, 0) is 24.1 Å². The molecule has 0 amide bonds. The highest BCUT2D eigenvalue weighted by molar-refractivity contribution is 5.30. The monoisotopic (exact) mass is 186 g/mol. The second kappa shape index (κ2) is 3.70. The maximum Gasteiger partial charge on any atom is 0.113 e. The Kier molecular flexibility index (Phi) is 2.40. The number of rotatable bonds is 2. The summed E-state index contributed by atoms with van der Waals surface area (Å²) in [6.45, 7) is 4.25. The number of furan rings is 1. The molecule has 1 atom stereocenters. The summed E-state index contributed by atoms with van der Waals surface area (Å²) in [7, 11) is 0. The van der Waals surface area contributed by atoms with E-state index in [9.17, 15) is 0 Å². The molecule has 72 valence electrons. The van der Waals surface area contributed by atoms with Gasteiger partial charge in [0.05, 0.1) is 6.26 Å². The van der Waals surface area contributed by atoms with Gasteiger partial charge in [0.2, 0.25) is 0 Å². The molecule has 0 aliphatic rings. The topological polar surface area (TPSA) is 13.1 Å². The van der Waals surface area contributed by atoms with Crippen LogP contribution in [0, 0.1) is 6.92 Å². The third-order valence-electron chi connectivity index (χ3n) is 2.59. The van der Waals surface area contributed by atoms with Crippen LogP contribution in [-0.2, 0) is 0 Å². The van der Waals surface area contributed by atoms with Crippen LogP contribution in [0.25, 0.3) is 0 Å². The predicted molar refractivity (Wildman–Crippen MR) is 57.4 cm³/mol. The van der Waals surface area contributed by atoms with Gasteiger partial charge in [-0.25, -0.2) is 0 Å². The van der Waals surface area contributed by atoms with E-state index in [-0.39, 0.29) is 0 Å². The van der Waals surface area contributed by atoms with E-state index in [0.717, 1.165) is 5.76 Å². The molecule has 1 unspecified atom stereocenters. The normalized spacial score (nSPS) is 12.7. The molecular formula is C13H14O. The first kappa shape index (κ1) is 9.07. The third-order valence-corrected chi connectivity index (χ3v) is 2.59. The molecule has 0 saturated carbocycles. The Balaban J connectivity index is 2.34. The lowest BCUT2D eigenvalue weighted by molar-refractivity contribution is 0.493.